The first-order valence-corrected chi connectivity index (χ1v) is 9.36. The molecule has 0 aliphatic heterocycles. The van der Waals surface area contributed by atoms with Crippen LogP contribution < -0.4 is 5.43 Å². The van der Waals surface area contributed by atoms with Crippen molar-refractivity contribution in [1.82, 2.24) is 19.7 Å². The van der Waals surface area contributed by atoms with Gasteiger partial charge in [0.2, 0.25) is 0 Å². The second-order valence-corrected chi connectivity index (χ2v) is 6.97. The maximum Gasteiger partial charge on any atom is 0.265 e. The summed E-state index contributed by atoms with van der Waals surface area (Å²) in [4.78, 5) is 4.59. The summed E-state index contributed by atoms with van der Waals surface area (Å²) in [6.45, 7) is 2.97. The molecule has 0 amide bonds. The molecule has 0 saturated heterocycles. The van der Waals surface area contributed by atoms with E-state index in [4.69, 9.17) is 0 Å². The third kappa shape index (κ3) is 3.35. The Kier molecular flexibility index (Phi) is 4.72. The van der Waals surface area contributed by atoms with Crippen LogP contribution in [0.25, 0.3) is 22.1 Å². The van der Waals surface area contributed by atoms with Crippen molar-refractivity contribution >= 4 is 50.2 Å². The van der Waals surface area contributed by atoms with Gasteiger partial charge in [-0.15, -0.1) is 10.2 Å². The molecule has 27 heavy (non-hydrogen) atoms. The standard InChI is InChI=1S/C19H17BrN6O/c1-2-9-26-15-6-4-3-5-14(15)17-18(26)22-19(25-23-17)24-21-11-12-10-13(20)7-8-16(12)27/h3-8,10-11,27H,2,9H2,1H3,(H,22,24,25)/b21-11+. The average Bonchev–Trinajstić information content (AvgIpc) is 2.98. The van der Waals surface area contributed by atoms with Gasteiger partial charge >= 0.3 is 0 Å². The molecule has 0 radical (unpaired) electrons. The van der Waals surface area contributed by atoms with Crippen LogP contribution in [0, 0.1) is 0 Å². The molecule has 8 heteroatoms. The van der Waals surface area contributed by atoms with Crippen molar-refractivity contribution < 1.29 is 5.11 Å². The molecule has 2 heterocycles. The second-order valence-electron chi connectivity index (χ2n) is 6.05. The number of phenols is 1. The van der Waals surface area contributed by atoms with Crippen molar-refractivity contribution in [2.24, 2.45) is 5.10 Å². The molecule has 0 unspecified atom stereocenters. The Labute approximate surface area is 163 Å². The van der Waals surface area contributed by atoms with E-state index in [9.17, 15) is 5.11 Å². The summed E-state index contributed by atoms with van der Waals surface area (Å²) >= 11 is 3.37. The molecule has 0 fully saturated rings. The van der Waals surface area contributed by atoms with E-state index in [2.05, 4.69) is 59.2 Å². The Morgan fingerprint density at radius 2 is 2.07 bits per heavy atom. The number of para-hydroxylation sites is 1. The molecule has 136 valence electrons. The largest absolute Gasteiger partial charge is 0.507 e. The van der Waals surface area contributed by atoms with Crippen molar-refractivity contribution in [3.8, 4) is 5.75 Å². The molecule has 2 N–H and O–H groups in total. The first-order valence-electron chi connectivity index (χ1n) is 8.56. The van der Waals surface area contributed by atoms with E-state index >= 15 is 0 Å². The van der Waals surface area contributed by atoms with Gasteiger partial charge in [0.25, 0.3) is 5.95 Å². The minimum absolute atomic E-state index is 0.140. The summed E-state index contributed by atoms with van der Waals surface area (Å²) in [7, 11) is 0. The lowest BCUT2D eigenvalue weighted by Crippen LogP contribution is -2.03. The van der Waals surface area contributed by atoms with Crippen LogP contribution >= 0.6 is 15.9 Å². The molecular formula is C19H17BrN6O. The lowest BCUT2D eigenvalue weighted by Gasteiger charge is -2.04. The molecule has 2 aromatic carbocycles. The van der Waals surface area contributed by atoms with Gasteiger partial charge in [-0.05, 0) is 30.7 Å². The fourth-order valence-corrected chi connectivity index (χ4v) is 3.37. The molecule has 7 nitrogen and oxygen atoms in total. The number of rotatable bonds is 5. The third-order valence-corrected chi connectivity index (χ3v) is 4.67. The topological polar surface area (TPSA) is 88.2 Å². The lowest BCUT2D eigenvalue weighted by molar-refractivity contribution is 0.474. The van der Waals surface area contributed by atoms with Crippen LogP contribution in [0.4, 0.5) is 5.95 Å². The second kappa shape index (κ2) is 7.32. The monoisotopic (exact) mass is 424 g/mol. The Bertz CT molecular complexity index is 1150. The Morgan fingerprint density at radius 1 is 1.22 bits per heavy atom. The van der Waals surface area contributed by atoms with Crippen molar-refractivity contribution in [2.75, 3.05) is 5.43 Å². The average molecular weight is 425 g/mol. The summed E-state index contributed by atoms with van der Waals surface area (Å²) in [5.74, 6) is 0.440. The molecule has 4 aromatic rings. The molecule has 0 aliphatic rings. The van der Waals surface area contributed by atoms with E-state index in [-0.39, 0.29) is 5.75 Å². The highest BCUT2D eigenvalue weighted by Gasteiger charge is 2.13. The fourth-order valence-electron chi connectivity index (χ4n) is 2.99. The molecule has 0 saturated carbocycles. The van der Waals surface area contributed by atoms with Gasteiger partial charge in [-0.2, -0.15) is 10.1 Å². The highest BCUT2D eigenvalue weighted by atomic mass is 79.9. The van der Waals surface area contributed by atoms with Crippen LogP contribution in [0.2, 0.25) is 0 Å². The van der Waals surface area contributed by atoms with E-state index in [0.717, 1.165) is 39.5 Å². The van der Waals surface area contributed by atoms with Crippen LogP contribution in [0.15, 0.2) is 52.0 Å². The van der Waals surface area contributed by atoms with Crippen LogP contribution in [-0.4, -0.2) is 31.1 Å². The van der Waals surface area contributed by atoms with Crippen LogP contribution in [0.3, 0.4) is 0 Å². The molecular weight excluding hydrogens is 408 g/mol. The number of nitrogens with zero attached hydrogens (tertiary/aromatic N) is 5. The fraction of sp³-hybridized carbons (Fsp3) is 0.158. The Balaban J connectivity index is 1.69. The SMILES string of the molecule is CCCn1c2ccccc2c2nnc(N/N=C/c3cc(Br)ccc3O)nc21. The maximum absolute atomic E-state index is 9.86. The zero-order valence-electron chi connectivity index (χ0n) is 14.6. The van der Waals surface area contributed by atoms with Gasteiger partial charge < -0.3 is 9.67 Å². The lowest BCUT2D eigenvalue weighted by atomic mass is 10.2. The Morgan fingerprint density at radius 3 is 2.93 bits per heavy atom. The summed E-state index contributed by atoms with van der Waals surface area (Å²) in [5.41, 5.74) is 6.01. The number of halogens is 1. The molecule has 2 aromatic heterocycles. The van der Waals surface area contributed by atoms with Crippen molar-refractivity contribution in [1.29, 1.82) is 0 Å². The predicted molar refractivity (Wildman–Crippen MR) is 110 cm³/mol. The van der Waals surface area contributed by atoms with Crippen LogP contribution in [0.1, 0.15) is 18.9 Å². The number of benzene rings is 2. The number of nitrogens with one attached hydrogen (secondary N) is 1. The number of aromatic nitrogens is 4. The van der Waals surface area contributed by atoms with Crippen LogP contribution in [0.5, 0.6) is 5.75 Å². The van der Waals surface area contributed by atoms with Crippen molar-refractivity contribution in [3.05, 3.63) is 52.5 Å². The van der Waals surface area contributed by atoms with Crippen molar-refractivity contribution in [3.63, 3.8) is 0 Å². The van der Waals surface area contributed by atoms with E-state index in [1.807, 2.05) is 18.2 Å². The van der Waals surface area contributed by atoms with Gasteiger partial charge in [0, 0.05) is 22.0 Å². The van der Waals surface area contributed by atoms with Gasteiger partial charge in [0.1, 0.15) is 11.3 Å². The molecule has 4 rings (SSSR count). The highest BCUT2D eigenvalue weighted by Crippen LogP contribution is 2.26. The van der Waals surface area contributed by atoms with E-state index in [1.165, 1.54) is 6.21 Å². The first-order chi connectivity index (χ1) is 13.2. The number of phenolic OH excluding ortho intramolecular Hbond substituents is 1. The molecule has 0 aliphatic carbocycles. The minimum Gasteiger partial charge on any atom is -0.507 e. The quantitative estimate of drug-likeness (QED) is 0.368. The minimum atomic E-state index is 0.140. The molecule has 0 spiro atoms. The predicted octanol–water partition coefficient (Wildman–Crippen LogP) is 4.30. The number of hydrogen-bond acceptors (Lipinski definition) is 6. The number of aryl methyl sites for hydroxylation is 1. The normalized spacial score (nSPS) is 11.6. The zero-order chi connectivity index (χ0) is 18.8. The summed E-state index contributed by atoms with van der Waals surface area (Å²) in [6.07, 6.45) is 2.50. The maximum atomic E-state index is 9.86. The first kappa shape index (κ1) is 17.4. The number of hydrogen-bond donors (Lipinski definition) is 2. The van der Waals surface area contributed by atoms with E-state index < -0.39 is 0 Å². The van der Waals surface area contributed by atoms with Gasteiger partial charge in [-0.25, -0.2) is 5.43 Å². The van der Waals surface area contributed by atoms with E-state index in [0.29, 0.717) is 11.5 Å². The third-order valence-electron chi connectivity index (χ3n) is 4.18. The van der Waals surface area contributed by atoms with Crippen molar-refractivity contribution in [2.45, 2.75) is 19.9 Å². The molecule has 0 atom stereocenters. The highest BCUT2D eigenvalue weighted by molar-refractivity contribution is 9.10. The number of fused-ring (bicyclic) bond motifs is 3. The summed E-state index contributed by atoms with van der Waals surface area (Å²) in [5, 5.41) is 23.5. The Hall–Kier alpha value is -3.00. The smallest absolute Gasteiger partial charge is 0.265 e. The van der Waals surface area contributed by atoms with Gasteiger partial charge in [-0.1, -0.05) is 41.1 Å². The van der Waals surface area contributed by atoms with Gasteiger partial charge in [-0.3, -0.25) is 0 Å². The van der Waals surface area contributed by atoms with E-state index in [1.54, 1.807) is 18.2 Å². The number of hydrazone groups is 1. The molecule has 0 bridgehead atoms. The van der Waals surface area contributed by atoms with Gasteiger partial charge in [0.05, 0.1) is 11.7 Å². The number of aromatic hydroxyl groups is 1. The number of anilines is 1. The zero-order valence-corrected chi connectivity index (χ0v) is 16.2. The van der Waals surface area contributed by atoms with Crippen LogP contribution in [-0.2, 0) is 6.54 Å². The summed E-state index contributed by atoms with van der Waals surface area (Å²) in [6, 6.07) is 13.2. The van der Waals surface area contributed by atoms with Gasteiger partial charge in [0.15, 0.2) is 5.65 Å². The summed E-state index contributed by atoms with van der Waals surface area (Å²) < 4.78 is 3.00.